The van der Waals surface area contributed by atoms with Crippen molar-refractivity contribution in [3.63, 3.8) is 0 Å². The minimum absolute atomic E-state index is 0.247. The Bertz CT molecular complexity index is 1940. The van der Waals surface area contributed by atoms with Crippen LogP contribution < -0.4 is 4.90 Å². The summed E-state index contributed by atoms with van der Waals surface area (Å²) < 4.78 is 6.61. The predicted octanol–water partition coefficient (Wildman–Crippen LogP) is 10.4. The van der Waals surface area contributed by atoms with Crippen LogP contribution in [0.4, 0.5) is 17.1 Å². The number of hydrogen-bond acceptors (Lipinski definition) is 2. The van der Waals surface area contributed by atoms with Gasteiger partial charge in [-0.1, -0.05) is 97.1 Å². The average molecular weight is 514 g/mol. The first-order chi connectivity index (χ1) is 19.7. The first kappa shape index (κ1) is 22.9. The molecule has 0 N–H and O–H groups in total. The zero-order valence-corrected chi connectivity index (χ0v) is 22.2. The number of hydrogen-bond donors (Lipinski definition) is 0. The molecule has 2 heteroatoms. The van der Waals surface area contributed by atoms with E-state index in [9.17, 15) is 0 Å². The summed E-state index contributed by atoms with van der Waals surface area (Å²) in [4.78, 5) is 2.27. The molecular formula is C38H27NO. The number of anilines is 3. The molecule has 1 aromatic heterocycles. The van der Waals surface area contributed by atoms with Crippen molar-refractivity contribution in [2.24, 2.45) is 0 Å². The molecule has 0 spiro atoms. The number of rotatable bonds is 4. The van der Waals surface area contributed by atoms with E-state index in [1.54, 1.807) is 0 Å². The van der Waals surface area contributed by atoms with Crippen LogP contribution >= 0.6 is 0 Å². The van der Waals surface area contributed by atoms with Crippen molar-refractivity contribution in [1.29, 1.82) is 0 Å². The number of fused-ring (bicyclic) bond motifs is 6. The molecule has 2 nitrogen and oxygen atoms in total. The third-order valence-electron chi connectivity index (χ3n) is 8.54. The molecule has 7 aromatic rings. The quantitative estimate of drug-likeness (QED) is 0.233. The van der Waals surface area contributed by atoms with Gasteiger partial charge in [0.25, 0.3) is 0 Å². The van der Waals surface area contributed by atoms with E-state index in [1.807, 2.05) is 12.1 Å². The molecule has 0 saturated carbocycles. The molecule has 0 unspecified atom stereocenters. The Kier molecular flexibility index (Phi) is 4.99. The van der Waals surface area contributed by atoms with Gasteiger partial charge in [-0.2, -0.15) is 0 Å². The van der Waals surface area contributed by atoms with Gasteiger partial charge in [0.2, 0.25) is 0 Å². The first-order valence-corrected chi connectivity index (χ1v) is 13.8. The highest BCUT2D eigenvalue weighted by Crippen LogP contribution is 2.52. The molecule has 1 aliphatic carbocycles. The van der Waals surface area contributed by atoms with Crippen molar-refractivity contribution in [2.45, 2.75) is 12.3 Å². The number of para-hydroxylation sites is 2. The van der Waals surface area contributed by atoms with Gasteiger partial charge in [0.1, 0.15) is 11.2 Å². The maximum atomic E-state index is 6.61. The second-order valence-electron chi connectivity index (χ2n) is 10.7. The Hall–Kier alpha value is -5.08. The second kappa shape index (κ2) is 8.72. The third kappa shape index (κ3) is 3.29. The van der Waals surface area contributed by atoms with E-state index in [0.717, 1.165) is 39.0 Å². The summed E-state index contributed by atoms with van der Waals surface area (Å²) in [7, 11) is 0. The number of benzene rings is 6. The fourth-order valence-corrected chi connectivity index (χ4v) is 6.58. The molecule has 0 amide bonds. The van der Waals surface area contributed by atoms with Crippen molar-refractivity contribution in [3.05, 3.63) is 162 Å². The highest BCUT2D eigenvalue weighted by molar-refractivity contribution is 6.06. The van der Waals surface area contributed by atoms with E-state index in [-0.39, 0.29) is 5.41 Å². The highest BCUT2D eigenvalue weighted by Gasteiger charge is 2.40. The molecule has 40 heavy (non-hydrogen) atoms. The van der Waals surface area contributed by atoms with Gasteiger partial charge in [-0.25, -0.2) is 0 Å². The maximum absolute atomic E-state index is 6.61. The third-order valence-corrected chi connectivity index (χ3v) is 8.54. The standard InChI is InChI=1S/C38H27NO/c1-38(34-18-10-8-16-30(34)31-17-9-11-19-35(31)38)26-20-22-32-33-23-21-29(25-37(33)40-36(32)24-26)39(27-12-4-2-5-13-27)28-14-6-3-7-15-28/h2-25H,1H3. The molecule has 1 heterocycles. The number of nitrogens with zero attached hydrogens (tertiary/aromatic N) is 1. The summed E-state index contributed by atoms with van der Waals surface area (Å²) in [6, 6.07) is 51.9. The molecule has 0 bridgehead atoms. The van der Waals surface area contributed by atoms with Gasteiger partial charge in [0.05, 0.1) is 0 Å². The Labute approximate surface area is 233 Å². The van der Waals surface area contributed by atoms with E-state index in [1.165, 1.54) is 27.8 Å². The topological polar surface area (TPSA) is 16.4 Å². The summed E-state index contributed by atoms with van der Waals surface area (Å²) in [5.41, 5.74) is 11.4. The highest BCUT2D eigenvalue weighted by atomic mass is 16.3. The van der Waals surface area contributed by atoms with Crippen molar-refractivity contribution >= 4 is 39.0 Å². The molecular weight excluding hydrogens is 486 g/mol. The Morgan fingerprint density at radius 2 is 0.975 bits per heavy atom. The molecule has 0 fully saturated rings. The van der Waals surface area contributed by atoms with E-state index in [0.29, 0.717) is 0 Å². The van der Waals surface area contributed by atoms with Crippen molar-refractivity contribution < 1.29 is 4.42 Å². The van der Waals surface area contributed by atoms with Crippen LogP contribution in [0.15, 0.2) is 150 Å². The Morgan fingerprint density at radius 1 is 0.475 bits per heavy atom. The van der Waals surface area contributed by atoms with Crippen LogP contribution in [0.25, 0.3) is 33.1 Å². The van der Waals surface area contributed by atoms with E-state index >= 15 is 0 Å². The maximum Gasteiger partial charge on any atom is 0.137 e. The molecule has 8 rings (SSSR count). The normalized spacial score (nSPS) is 13.3. The lowest BCUT2D eigenvalue weighted by atomic mass is 9.74. The van der Waals surface area contributed by atoms with Gasteiger partial charge in [0, 0.05) is 39.3 Å². The lowest BCUT2D eigenvalue weighted by Crippen LogP contribution is -2.22. The van der Waals surface area contributed by atoms with Gasteiger partial charge < -0.3 is 9.32 Å². The molecule has 190 valence electrons. The average Bonchev–Trinajstić information content (AvgIpc) is 3.51. The van der Waals surface area contributed by atoms with E-state index in [4.69, 9.17) is 4.42 Å². The summed E-state index contributed by atoms with van der Waals surface area (Å²) in [6.45, 7) is 2.34. The van der Waals surface area contributed by atoms with Crippen LogP contribution in [-0.4, -0.2) is 0 Å². The van der Waals surface area contributed by atoms with Crippen molar-refractivity contribution in [1.82, 2.24) is 0 Å². The van der Waals surface area contributed by atoms with Crippen molar-refractivity contribution in [3.8, 4) is 11.1 Å². The molecule has 0 radical (unpaired) electrons. The lowest BCUT2D eigenvalue weighted by Gasteiger charge is -2.28. The van der Waals surface area contributed by atoms with Crippen LogP contribution in [0.1, 0.15) is 23.6 Å². The minimum atomic E-state index is -0.247. The fraction of sp³-hybridized carbons (Fsp3) is 0.0526. The summed E-state index contributed by atoms with van der Waals surface area (Å²) >= 11 is 0. The Balaban J connectivity index is 1.28. The SMILES string of the molecule is CC1(c2ccc3c(c2)oc2cc(N(c4ccccc4)c4ccccc4)ccc23)c2ccccc2-c2ccccc21. The van der Waals surface area contributed by atoms with E-state index < -0.39 is 0 Å². The van der Waals surface area contributed by atoms with Gasteiger partial charge in [-0.05, 0) is 77.2 Å². The largest absolute Gasteiger partial charge is 0.456 e. The monoisotopic (exact) mass is 513 g/mol. The zero-order valence-electron chi connectivity index (χ0n) is 22.2. The number of furan rings is 1. The van der Waals surface area contributed by atoms with Gasteiger partial charge in [0.15, 0.2) is 0 Å². The van der Waals surface area contributed by atoms with Crippen LogP contribution in [-0.2, 0) is 5.41 Å². The van der Waals surface area contributed by atoms with Gasteiger partial charge >= 0.3 is 0 Å². The summed E-state index contributed by atoms with van der Waals surface area (Å²) in [5.74, 6) is 0. The van der Waals surface area contributed by atoms with E-state index in [2.05, 4.69) is 145 Å². The van der Waals surface area contributed by atoms with Crippen LogP contribution in [0.5, 0.6) is 0 Å². The summed E-state index contributed by atoms with van der Waals surface area (Å²) in [6.07, 6.45) is 0. The van der Waals surface area contributed by atoms with Crippen LogP contribution in [0.3, 0.4) is 0 Å². The fourth-order valence-electron chi connectivity index (χ4n) is 6.58. The van der Waals surface area contributed by atoms with Crippen LogP contribution in [0.2, 0.25) is 0 Å². The smallest absolute Gasteiger partial charge is 0.137 e. The lowest BCUT2D eigenvalue weighted by molar-refractivity contribution is 0.662. The van der Waals surface area contributed by atoms with Gasteiger partial charge in [-0.3, -0.25) is 0 Å². The predicted molar refractivity (Wildman–Crippen MR) is 166 cm³/mol. The summed E-state index contributed by atoms with van der Waals surface area (Å²) in [5, 5.41) is 2.27. The molecule has 0 atom stereocenters. The Morgan fingerprint density at radius 3 is 1.57 bits per heavy atom. The van der Waals surface area contributed by atoms with Crippen LogP contribution in [0, 0.1) is 0 Å². The zero-order chi connectivity index (χ0) is 26.7. The molecule has 1 aliphatic rings. The molecule has 0 aliphatic heterocycles. The molecule has 0 saturated heterocycles. The van der Waals surface area contributed by atoms with Crippen molar-refractivity contribution in [2.75, 3.05) is 4.90 Å². The first-order valence-electron chi connectivity index (χ1n) is 13.8. The molecule has 6 aromatic carbocycles. The van der Waals surface area contributed by atoms with Gasteiger partial charge in [-0.15, -0.1) is 0 Å². The minimum Gasteiger partial charge on any atom is -0.456 e. The second-order valence-corrected chi connectivity index (χ2v) is 10.7.